The normalized spacial score (nSPS) is 9.80. The van der Waals surface area contributed by atoms with E-state index >= 15 is 0 Å². The molecule has 0 aromatic carbocycles. The molecule has 0 fully saturated rings. The lowest BCUT2D eigenvalue weighted by Crippen LogP contribution is -2.04. The second kappa shape index (κ2) is 3.55. The van der Waals surface area contributed by atoms with Crippen LogP contribution >= 0.6 is 11.3 Å². The van der Waals surface area contributed by atoms with E-state index in [2.05, 4.69) is 9.97 Å². The predicted molar refractivity (Wildman–Crippen MR) is 58.9 cm³/mol. The maximum absolute atomic E-state index is 8.94. The van der Waals surface area contributed by atoms with Crippen molar-refractivity contribution in [1.82, 2.24) is 9.97 Å². The standard InChI is InChI=1S/C9H7N5S/c10-4-5-7(6-2-1-3-15-6)13-9(12)14-8(5)11/h1-3H,(H4,11,12,13,14). The molecule has 15 heavy (non-hydrogen) atoms. The largest absolute Gasteiger partial charge is 0.382 e. The van der Waals surface area contributed by atoms with Gasteiger partial charge in [0.25, 0.3) is 0 Å². The quantitative estimate of drug-likeness (QED) is 0.748. The SMILES string of the molecule is N#Cc1c(N)nc(N)nc1-c1cccs1. The van der Waals surface area contributed by atoms with Gasteiger partial charge in [0.05, 0.1) is 4.88 Å². The average molecular weight is 217 g/mol. The molecule has 2 rings (SSSR count). The lowest BCUT2D eigenvalue weighted by molar-refractivity contribution is 1.19. The molecular weight excluding hydrogens is 210 g/mol. The average Bonchev–Trinajstić information content (AvgIpc) is 2.69. The molecule has 0 bridgehead atoms. The zero-order valence-corrected chi connectivity index (χ0v) is 8.45. The van der Waals surface area contributed by atoms with E-state index in [0.29, 0.717) is 5.69 Å². The Morgan fingerprint density at radius 3 is 2.73 bits per heavy atom. The van der Waals surface area contributed by atoms with Gasteiger partial charge in [-0.3, -0.25) is 0 Å². The van der Waals surface area contributed by atoms with Crippen molar-refractivity contribution in [3.05, 3.63) is 23.1 Å². The number of anilines is 2. The van der Waals surface area contributed by atoms with Crippen molar-refractivity contribution >= 4 is 23.1 Å². The summed E-state index contributed by atoms with van der Waals surface area (Å²) in [7, 11) is 0. The van der Waals surface area contributed by atoms with Crippen molar-refractivity contribution in [2.75, 3.05) is 11.5 Å². The molecule has 2 aromatic rings. The molecule has 0 saturated heterocycles. The third-order valence-electron chi connectivity index (χ3n) is 1.82. The summed E-state index contributed by atoms with van der Waals surface area (Å²) in [5.41, 5.74) is 11.8. The molecule has 2 heterocycles. The molecule has 0 unspecified atom stereocenters. The molecular formula is C9H7N5S. The Labute approximate surface area is 90.0 Å². The molecule has 0 saturated carbocycles. The maximum Gasteiger partial charge on any atom is 0.222 e. The van der Waals surface area contributed by atoms with Gasteiger partial charge in [-0.2, -0.15) is 10.2 Å². The number of hydrogen-bond acceptors (Lipinski definition) is 6. The highest BCUT2D eigenvalue weighted by Gasteiger charge is 2.13. The predicted octanol–water partition coefficient (Wildman–Crippen LogP) is 1.24. The number of thiophene rings is 1. The van der Waals surface area contributed by atoms with Crippen LogP contribution < -0.4 is 11.5 Å². The maximum atomic E-state index is 8.94. The Bertz CT molecular complexity index is 526. The minimum absolute atomic E-state index is 0.0786. The summed E-state index contributed by atoms with van der Waals surface area (Å²) in [4.78, 5) is 8.62. The van der Waals surface area contributed by atoms with Crippen LogP contribution in [0.4, 0.5) is 11.8 Å². The Kier molecular flexibility index (Phi) is 2.23. The summed E-state index contributed by atoms with van der Waals surface area (Å²) in [6, 6.07) is 5.71. The lowest BCUT2D eigenvalue weighted by atomic mass is 10.2. The van der Waals surface area contributed by atoms with E-state index in [-0.39, 0.29) is 17.3 Å². The van der Waals surface area contributed by atoms with Crippen molar-refractivity contribution in [1.29, 1.82) is 5.26 Å². The number of hydrogen-bond donors (Lipinski definition) is 2. The van der Waals surface area contributed by atoms with Crippen LogP contribution in [0.25, 0.3) is 10.6 Å². The molecule has 0 radical (unpaired) electrons. The van der Waals surface area contributed by atoms with Gasteiger partial charge in [0.15, 0.2) is 0 Å². The van der Waals surface area contributed by atoms with Gasteiger partial charge in [-0.15, -0.1) is 11.3 Å². The number of nitrogens with zero attached hydrogens (tertiary/aromatic N) is 3. The van der Waals surface area contributed by atoms with E-state index in [9.17, 15) is 0 Å². The summed E-state index contributed by atoms with van der Waals surface area (Å²) in [6.07, 6.45) is 0. The first-order valence-electron chi connectivity index (χ1n) is 4.09. The monoisotopic (exact) mass is 217 g/mol. The van der Waals surface area contributed by atoms with Crippen molar-refractivity contribution < 1.29 is 0 Å². The highest BCUT2D eigenvalue weighted by atomic mass is 32.1. The number of nitrogens with two attached hydrogens (primary N) is 2. The highest BCUT2D eigenvalue weighted by molar-refractivity contribution is 7.13. The molecule has 6 heteroatoms. The van der Waals surface area contributed by atoms with Gasteiger partial charge in [-0.05, 0) is 11.4 Å². The molecule has 4 N–H and O–H groups in total. The first kappa shape index (κ1) is 9.43. The van der Waals surface area contributed by atoms with E-state index in [0.717, 1.165) is 4.88 Å². The molecule has 0 atom stereocenters. The van der Waals surface area contributed by atoms with Crippen molar-refractivity contribution in [3.63, 3.8) is 0 Å². The fourth-order valence-electron chi connectivity index (χ4n) is 1.20. The van der Waals surface area contributed by atoms with Crippen LogP contribution in [0.1, 0.15) is 5.56 Å². The molecule has 0 amide bonds. The molecule has 2 aromatic heterocycles. The van der Waals surface area contributed by atoms with E-state index in [1.54, 1.807) is 0 Å². The zero-order chi connectivity index (χ0) is 10.8. The van der Waals surface area contributed by atoms with Gasteiger partial charge in [0, 0.05) is 0 Å². The Balaban J connectivity index is 2.71. The van der Waals surface area contributed by atoms with Crippen LogP contribution in [0.15, 0.2) is 17.5 Å². The number of rotatable bonds is 1. The molecule has 0 aliphatic heterocycles. The van der Waals surface area contributed by atoms with E-state index in [1.165, 1.54) is 11.3 Å². The number of nitriles is 1. The molecule has 0 spiro atoms. The number of nitrogen functional groups attached to an aromatic ring is 2. The fraction of sp³-hybridized carbons (Fsp3) is 0. The van der Waals surface area contributed by atoms with E-state index in [1.807, 2.05) is 23.6 Å². The highest BCUT2D eigenvalue weighted by Crippen LogP contribution is 2.28. The van der Waals surface area contributed by atoms with Gasteiger partial charge in [-0.25, -0.2) is 4.98 Å². The van der Waals surface area contributed by atoms with Gasteiger partial charge in [-0.1, -0.05) is 6.07 Å². The van der Waals surface area contributed by atoms with Crippen LogP contribution in [-0.4, -0.2) is 9.97 Å². The minimum atomic E-state index is 0.0786. The van der Waals surface area contributed by atoms with Gasteiger partial charge in [0.2, 0.25) is 5.95 Å². The van der Waals surface area contributed by atoms with Gasteiger partial charge >= 0.3 is 0 Å². The van der Waals surface area contributed by atoms with Crippen molar-refractivity contribution in [3.8, 4) is 16.6 Å². The molecule has 0 aliphatic carbocycles. The van der Waals surface area contributed by atoms with Crippen molar-refractivity contribution in [2.24, 2.45) is 0 Å². The first-order valence-corrected chi connectivity index (χ1v) is 4.97. The first-order chi connectivity index (χ1) is 7.22. The number of aromatic nitrogens is 2. The fourth-order valence-corrected chi connectivity index (χ4v) is 1.92. The third kappa shape index (κ3) is 1.60. The molecule has 0 aliphatic rings. The summed E-state index contributed by atoms with van der Waals surface area (Å²) in [6.45, 7) is 0. The summed E-state index contributed by atoms with van der Waals surface area (Å²) >= 11 is 1.47. The van der Waals surface area contributed by atoms with Crippen molar-refractivity contribution in [2.45, 2.75) is 0 Å². The third-order valence-corrected chi connectivity index (χ3v) is 2.70. The smallest absolute Gasteiger partial charge is 0.222 e. The lowest BCUT2D eigenvalue weighted by Gasteiger charge is -2.03. The molecule has 74 valence electrons. The summed E-state index contributed by atoms with van der Waals surface area (Å²) in [5.74, 6) is 0.198. The van der Waals surface area contributed by atoms with Crippen LogP contribution in [0.5, 0.6) is 0 Å². The van der Waals surface area contributed by atoms with Crippen LogP contribution in [-0.2, 0) is 0 Å². The second-order valence-electron chi connectivity index (χ2n) is 2.78. The Morgan fingerprint density at radius 1 is 1.33 bits per heavy atom. The zero-order valence-electron chi connectivity index (χ0n) is 7.64. The van der Waals surface area contributed by atoms with Gasteiger partial charge < -0.3 is 11.5 Å². The second-order valence-corrected chi connectivity index (χ2v) is 3.73. The summed E-state index contributed by atoms with van der Waals surface area (Å²) < 4.78 is 0. The van der Waals surface area contributed by atoms with E-state index < -0.39 is 0 Å². The Hall–Kier alpha value is -2.13. The minimum Gasteiger partial charge on any atom is -0.382 e. The van der Waals surface area contributed by atoms with E-state index in [4.69, 9.17) is 16.7 Å². The summed E-state index contributed by atoms with van der Waals surface area (Å²) in [5, 5.41) is 10.8. The van der Waals surface area contributed by atoms with Crippen LogP contribution in [0.2, 0.25) is 0 Å². The Morgan fingerprint density at radius 2 is 2.13 bits per heavy atom. The van der Waals surface area contributed by atoms with Gasteiger partial charge in [0.1, 0.15) is 23.1 Å². The van der Waals surface area contributed by atoms with Crippen LogP contribution in [0.3, 0.4) is 0 Å². The topological polar surface area (TPSA) is 102 Å². The van der Waals surface area contributed by atoms with Crippen LogP contribution in [0, 0.1) is 11.3 Å². The molecule has 5 nitrogen and oxygen atoms in total.